The lowest BCUT2D eigenvalue weighted by atomic mass is 10.1. The van der Waals surface area contributed by atoms with Gasteiger partial charge in [0, 0.05) is 16.8 Å². The molecule has 2 aliphatic rings. The van der Waals surface area contributed by atoms with E-state index in [9.17, 15) is 18.0 Å². The van der Waals surface area contributed by atoms with Gasteiger partial charge in [-0.25, -0.2) is 0 Å². The summed E-state index contributed by atoms with van der Waals surface area (Å²) in [5.41, 5.74) is 1.15. The Morgan fingerprint density at radius 1 is 1.31 bits per heavy atom. The van der Waals surface area contributed by atoms with E-state index < -0.39 is 17.1 Å². The van der Waals surface area contributed by atoms with Crippen molar-refractivity contribution in [3.05, 3.63) is 26.4 Å². The van der Waals surface area contributed by atoms with Crippen LogP contribution in [0.5, 0.6) is 0 Å². The van der Waals surface area contributed by atoms with Crippen LogP contribution in [0.3, 0.4) is 0 Å². The number of aryl methyl sites for hydroxylation is 1. The predicted octanol–water partition coefficient (Wildman–Crippen LogP) is 4.03. The summed E-state index contributed by atoms with van der Waals surface area (Å²) in [5, 5.41) is 11.2. The molecule has 0 aliphatic heterocycles. The van der Waals surface area contributed by atoms with Gasteiger partial charge in [0.05, 0.1) is 4.88 Å². The van der Waals surface area contributed by atoms with Gasteiger partial charge in [0.1, 0.15) is 0 Å². The Kier molecular flexibility index (Phi) is 4.52. The second-order valence-corrected chi connectivity index (χ2v) is 9.02. The maximum Gasteiger partial charge on any atom is 0.445 e. The number of hydrogen-bond acceptors (Lipinski definition) is 6. The molecular weight excluding hydrogens is 385 g/mol. The molecule has 1 amide bonds. The molecule has 2 heterocycles. The van der Waals surface area contributed by atoms with Crippen molar-refractivity contribution >= 4 is 33.7 Å². The maximum absolute atomic E-state index is 12.6. The minimum absolute atomic E-state index is 0.148. The highest BCUT2D eigenvalue weighted by molar-refractivity contribution is 7.16. The highest BCUT2D eigenvalue weighted by Gasteiger charge is 2.41. The number of rotatable bonds is 6. The Balaban J connectivity index is 1.38. The monoisotopic (exact) mass is 402 g/mol. The number of anilines is 1. The van der Waals surface area contributed by atoms with Crippen LogP contribution in [-0.2, 0) is 6.18 Å². The zero-order valence-electron chi connectivity index (χ0n) is 13.9. The van der Waals surface area contributed by atoms with Gasteiger partial charge in [-0.3, -0.25) is 10.1 Å². The van der Waals surface area contributed by atoms with E-state index >= 15 is 0 Å². The Bertz CT molecular complexity index is 828. The number of nitrogens with zero attached hydrogens (tertiary/aromatic N) is 2. The summed E-state index contributed by atoms with van der Waals surface area (Å²) >= 11 is 1.68. The molecule has 2 fully saturated rings. The summed E-state index contributed by atoms with van der Waals surface area (Å²) in [6, 6.07) is 2.32. The van der Waals surface area contributed by atoms with E-state index in [1.54, 1.807) is 0 Å². The first-order chi connectivity index (χ1) is 12.3. The lowest BCUT2D eigenvalue weighted by Gasteiger charge is -2.02. The van der Waals surface area contributed by atoms with Crippen molar-refractivity contribution in [3.63, 3.8) is 0 Å². The quantitative estimate of drug-likeness (QED) is 0.766. The minimum Gasteiger partial charge on any atom is -0.313 e. The maximum atomic E-state index is 12.6. The molecule has 10 heteroatoms. The van der Waals surface area contributed by atoms with Crippen molar-refractivity contribution in [3.8, 4) is 0 Å². The SMILES string of the molecule is Cc1sc(C(=O)Nc2nnc(C(F)(F)F)s2)cc1C1CC1NCC1CC1. The van der Waals surface area contributed by atoms with E-state index in [1.807, 2.05) is 13.0 Å². The van der Waals surface area contributed by atoms with E-state index in [4.69, 9.17) is 0 Å². The van der Waals surface area contributed by atoms with E-state index in [0.717, 1.165) is 29.3 Å². The molecule has 2 unspecified atom stereocenters. The van der Waals surface area contributed by atoms with Crippen molar-refractivity contribution < 1.29 is 18.0 Å². The summed E-state index contributed by atoms with van der Waals surface area (Å²) in [4.78, 5) is 13.9. The molecule has 0 aromatic carbocycles. The minimum atomic E-state index is -4.55. The smallest absolute Gasteiger partial charge is 0.313 e. The van der Waals surface area contributed by atoms with Gasteiger partial charge in [0.15, 0.2) is 0 Å². The Morgan fingerprint density at radius 3 is 2.73 bits per heavy atom. The standard InChI is InChI=1S/C16H17F3N4OS2/c1-7-9(10-4-11(10)20-6-8-2-3-8)5-12(25-7)13(24)21-15-23-22-14(26-15)16(17,18)19/h5,8,10-11,20H,2-4,6H2,1H3,(H,21,23,24). The molecule has 2 N–H and O–H groups in total. The van der Waals surface area contributed by atoms with E-state index in [1.165, 1.54) is 24.2 Å². The third-order valence-corrected chi connectivity index (χ3v) is 6.57. The first kappa shape index (κ1) is 17.9. The Hall–Kier alpha value is -1.52. The molecule has 0 saturated heterocycles. The highest BCUT2D eigenvalue weighted by atomic mass is 32.1. The number of alkyl halides is 3. The lowest BCUT2D eigenvalue weighted by Crippen LogP contribution is -2.20. The molecule has 2 aromatic rings. The summed E-state index contributed by atoms with van der Waals surface area (Å²) < 4.78 is 37.7. The fraction of sp³-hybridized carbons (Fsp3) is 0.562. The summed E-state index contributed by atoms with van der Waals surface area (Å²) in [5.74, 6) is 0.803. The number of carbonyl (C=O) groups excluding carboxylic acids is 1. The van der Waals surface area contributed by atoms with E-state index in [2.05, 4.69) is 20.8 Å². The van der Waals surface area contributed by atoms with Crippen molar-refractivity contribution in [1.82, 2.24) is 15.5 Å². The fourth-order valence-electron chi connectivity index (χ4n) is 2.93. The molecule has 140 valence electrons. The van der Waals surface area contributed by atoms with Crippen LogP contribution in [0.15, 0.2) is 6.07 Å². The second kappa shape index (κ2) is 6.58. The molecule has 2 saturated carbocycles. The predicted molar refractivity (Wildman–Crippen MR) is 93.8 cm³/mol. The molecular formula is C16H17F3N4OS2. The van der Waals surface area contributed by atoms with Crippen LogP contribution in [0.25, 0.3) is 0 Å². The third-order valence-electron chi connectivity index (χ3n) is 4.62. The largest absolute Gasteiger partial charge is 0.445 e. The molecule has 5 nitrogen and oxygen atoms in total. The number of carbonyl (C=O) groups is 1. The molecule has 2 atom stereocenters. The van der Waals surface area contributed by atoms with Gasteiger partial charge in [0.2, 0.25) is 10.1 Å². The average molecular weight is 402 g/mol. The topological polar surface area (TPSA) is 66.9 Å². The summed E-state index contributed by atoms with van der Waals surface area (Å²) in [6.07, 6.45) is -0.861. The lowest BCUT2D eigenvalue weighted by molar-refractivity contribution is -0.138. The first-order valence-corrected chi connectivity index (χ1v) is 10.0. The number of nitrogens with one attached hydrogen (secondary N) is 2. The van der Waals surface area contributed by atoms with Crippen LogP contribution in [0.2, 0.25) is 0 Å². The van der Waals surface area contributed by atoms with Gasteiger partial charge in [-0.15, -0.1) is 21.5 Å². The van der Waals surface area contributed by atoms with Crippen LogP contribution < -0.4 is 10.6 Å². The normalized spacial score (nSPS) is 22.5. The van der Waals surface area contributed by atoms with Gasteiger partial charge in [0.25, 0.3) is 5.91 Å². The van der Waals surface area contributed by atoms with Gasteiger partial charge >= 0.3 is 6.18 Å². The van der Waals surface area contributed by atoms with Crippen molar-refractivity contribution in [2.24, 2.45) is 5.92 Å². The van der Waals surface area contributed by atoms with Crippen molar-refractivity contribution in [2.45, 2.75) is 44.3 Å². The highest BCUT2D eigenvalue weighted by Crippen LogP contribution is 2.45. The van der Waals surface area contributed by atoms with Gasteiger partial charge in [-0.1, -0.05) is 11.3 Å². The Morgan fingerprint density at radius 2 is 2.08 bits per heavy atom. The summed E-state index contributed by atoms with van der Waals surface area (Å²) in [7, 11) is 0. The zero-order chi connectivity index (χ0) is 18.5. The van der Waals surface area contributed by atoms with Gasteiger partial charge in [-0.2, -0.15) is 13.2 Å². The molecule has 4 rings (SSSR count). The van der Waals surface area contributed by atoms with Gasteiger partial charge < -0.3 is 5.32 Å². The first-order valence-electron chi connectivity index (χ1n) is 8.37. The zero-order valence-corrected chi connectivity index (χ0v) is 15.5. The van der Waals surface area contributed by atoms with Gasteiger partial charge in [-0.05, 0) is 50.3 Å². The number of amides is 1. The number of aromatic nitrogens is 2. The molecule has 0 radical (unpaired) electrons. The fourth-order valence-corrected chi connectivity index (χ4v) is 4.52. The number of thiophene rings is 1. The van der Waals surface area contributed by atoms with Crippen LogP contribution >= 0.6 is 22.7 Å². The summed E-state index contributed by atoms with van der Waals surface area (Å²) in [6.45, 7) is 3.04. The van der Waals surface area contributed by atoms with E-state index in [-0.39, 0.29) is 5.13 Å². The molecule has 0 spiro atoms. The number of hydrogen-bond donors (Lipinski definition) is 2. The van der Waals surface area contributed by atoms with Crippen LogP contribution in [-0.4, -0.2) is 28.7 Å². The average Bonchev–Trinajstić information content (AvgIpc) is 3.45. The Labute approximate surface area is 156 Å². The van der Waals surface area contributed by atoms with Crippen LogP contribution in [0.4, 0.5) is 18.3 Å². The number of halogens is 3. The molecule has 0 bridgehead atoms. The van der Waals surface area contributed by atoms with Crippen molar-refractivity contribution in [1.29, 1.82) is 0 Å². The third kappa shape index (κ3) is 3.91. The molecule has 2 aliphatic carbocycles. The second-order valence-electron chi connectivity index (χ2n) is 6.79. The molecule has 26 heavy (non-hydrogen) atoms. The van der Waals surface area contributed by atoms with Crippen LogP contribution in [0.1, 0.15) is 50.3 Å². The molecule has 2 aromatic heterocycles. The van der Waals surface area contributed by atoms with E-state index in [0.29, 0.717) is 28.2 Å². The van der Waals surface area contributed by atoms with Crippen molar-refractivity contribution in [2.75, 3.05) is 11.9 Å². The van der Waals surface area contributed by atoms with Crippen LogP contribution in [0, 0.1) is 12.8 Å².